The molecular formula is C13H19NO5. The summed E-state index contributed by atoms with van der Waals surface area (Å²) in [7, 11) is 2.95. The van der Waals surface area contributed by atoms with Gasteiger partial charge in [0.2, 0.25) is 11.6 Å². The first-order chi connectivity index (χ1) is 8.88. The van der Waals surface area contributed by atoms with E-state index in [4.69, 9.17) is 4.74 Å². The van der Waals surface area contributed by atoms with Gasteiger partial charge in [-0.3, -0.25) is 14.4 Å². The van der Waals surface area contributed by atoms with Crippen LogP contribution in [0.25, 0.3) is 0 Å². The fraction of sp³-hybridized carbons (Fsp3) is 0.692. The molecule has 1 aliphatic carbocycles. The summed E-state index contributed by atoms with van der Waals surface area (Å²) in [6, 6.07) is 0. The highest BCUT2D eigenvalue weighted by atomic mass is 16.6. The van der Waals surface area contributed by atoms with Crippen molar-refractivity contribution in [3.8, 4) is 0 Å². The van der Waals surface area contributed by atoms with Crippen LogP contribution < -0.4 is 0 Å². The molecule has 0 spiro atoms. The summed E-state index contributed by atoms with van der Waals surface area (Å²) < 4.78 is 5.01. The number of carbonyl (C=O) groups is 4. The topological polar surface area (TPSA) is 80.7 Å². The molecule has 0 aliphatic heterocycles. The zero-order chi connectivity index (χ0) is 14.6. The lowest BCUT2D eigenvalue weighted by Crippen LogP contribution is -2.47. The third-order valence-corrected chi connectivity index (χ3v) is 3.08. The van der Waals surface area contributed by atoms with Crippen molar-refractivity contribution >= 4 is 23.4 Å². The summed E-state index contributed by atoms with van der Waals surface area (Å²) in [5.41, 5.74) is 0. The van der Waals surface area contributed by atoms with Crippen LogP contribution in [0.3, 0.4) is 0 Å². The first kappa shape index (κ1) is 15.3. The molecular weight excluding hydrogens is 250 g/mol. The van der Waals surface area contributed by atoms with Crippen LogP contribution in [0.1, 0.15) is 32.6 Å². The van der Waals surface area contributed by atoms with E-state index in [9.17, 15) is 19.2 Å². The van der Waals surface area contributed by atoms with Crippen molar-refractivity contribution in [3.63, 3.8) is 0 Å². The number of Topliss-reactive ketones (excluding diaryl/α,β-unsaturated/α-hetero) is 3. The summed E-state index contributed by atoms with van der Waals surface area (Å²) >= 11 is 0. The Balaban J connectivity index is 2.88. The maximum atomic E-state index is 11.9. The molecule has 1 rings (SSSR count). The molecule has 6 nitrogen and oxygen atoms in total. The largest absolute Gasteiger partial charge is 0.437 e. The van der Waals surface area contributed by atoms with E-state index >= 15 is 0 Å². The lowest BCUT2D eigenvalue weighted by atomic mass is 9.81. The van der Waals surface area contributed by atoms with Gasteiger partial charge in [-0.05, 0) is 12.8 Å². The van der Waals surface area contributed by atoms with Gasteiger partial charge >= 0.3 is 6.09 Å². The molecule has 2 atom stereocenters. The van der Waals surface area contributed by atoms with E-state index in [0.717, 1.165) is 4.90 Å². The van der Waals surface area contributed by atoms with E-state index in [2.05, 4.69) is 0 Å². The van der Waals surface area contributed by atoms with Crippen LogP contribution >= 0.6 is 0 Å². The molecule has 0 saturated heterocycles. The molecule has 106 valence electrons. The number of nitrogens with zero attached hydrogens (tertiary/aromatic N) is 1. The van der Waals surface area contributed by atoms with Crippen LogP contribution in [-0.4, -0.2) is 48.5 Å². The fourth-order valence-corrected chi connectivity index (χ4v) is 2.01. The van der Waals surface area contributed by atoms with Crippen molar-refractivity contribution in [1.29, 1.82) is 0 Å². The van der Waals surface area contributed by atoms with Crippen molar-refractivity contribution < 1.29 is 23.9 Å². The highest BCUT2D eigenvalue weighted by Gasteiger charge is 2.43. The predicted molar refractivity (Wildman–Crippen MR) is 66.6 cm³/mol. The molecule has 0 radical (unpaired) electrons. The second-order valence-electron chi connectivity index (χ2n) is 4.85. The fourth-order valence-electron chi connectivity index (χ4n) is 2.01. The molecule has 0 heterocycles. The van der Waals surface area contributed by atoms with Crippen molar-refractivity contribution in [2.45, 2.75) is 38.7 Å². The van der Waals surface area contributed by atoms with Gasteiger partial charge in [0.1, 0.15) is 5.78 Å². The Bertz CT molecular complexity index is 402. The molecule has 0 aromatic carbocycles. The number of amides is 1. The van der Waals surface area contributed by atoms with Crippen LogP contribution in [0.4, 0.5) is 4.79 Å². The first-order valence-electron chi connectivity index (χ1n) is 6.36. The number of hydrogen-bond donors (Lipinski definition) is 0. The lowest BCUT2D eigenvalue weighted by molar-refractivity contribution is -0.150. The highest BCUT2D eigenvalue weighted by molar-refractivity contribution is 6.40. The second-order valence-corrected chi connectivity index (χ2v) is 4.85. The average molecular weight is 269 g/mol. The van der Waals surface area contributed by atoms with Gasteiger partial charge in [-0.2, -0.15) is 0 Å². The number of carbonyl (C=O) groups excluding carboxylic acids is 4. The molecule has 1 amide bonds. The predicted octanol–water partition coefficient (Wildman–Crippen LogP) is 0.971. The van der Waals surface area contributed by atoms with E-state index in [1.807, 2.05) is 6.92 Å². The maximum Gasteiger partial charge on any atom is 0.409 e. The van der Waals surface area contributed by atoms with E-state index in [0.29, 0.717) is 12.8 Å². The van der Waals surface area contributed by atoms with Gasteiger partial charge in [0.05, 0.1) is 5.92 Å². The van der Waals surface area contributed by atoms with E-state index in [-0.39, 0.29) is 18.6 Å². The lowest BCUT2D eigenvalue weighted by Gasteiger charge is -2.28. The molecule has 0 N–H and O–H groups in total. The second kappa shape index (κ2) is 6.45. The van der Waals surface area contributed by atoms with Crippen LogP contribution in [0.15, 0.2) is 0 Å². The third-order valence-electron chi connectivity index (χ3n) is 3.08. The minimum Gasteiger partial charge on any atom is -0.437 e. The minimum atomic E-state index is -1.25. The maximum absolute atomic E-state index is 11.9. The highest BCUT2D eigenvalue weighted by Crippen LogP contribution is 2.25. The molecule has 0 aromatic heterocycles. The summed E-state index contributed by atoms with van der Waals surface area (Å²) in [6.45, 7) is 1.86. The van der Waals surface area contributed by atoms with E-state index in [1.54, 1.807) is 0 Å². The van der Waals surface area contributed by atoms with E-state index in [1.165, 1.54) is 14.1 Å². The van der Waals surface area contributed by atoms with Crippen LogP contribution in [0, 0.1) is 5.92 Å². The summed E-state index contributed by atoms with van der Waals surface area (Å²) in [5, 5.41) is 0. The number of ether oxygens (including phenoxy) is 1. The molecule has 2 unspecified atom stereocenters. The minimum absolute atomic E-state index is 0.0506. The summed E-state index contributed by atoms with van der Waals surface area (Å²) in [6.07, 6.45) is -0.671. The van der Waals surface area contributed by atoms with Crippen LogP contribution in [0.5, 0.6) is 0 Å². The quantitative estimate of drug-likeness (QED) is 0.710. The number of ketones is 3. The Hall–Kier alpha value is -1.72. The molecule has 6 heteroatoms. The number of rotatable bonds is 4. The molecule has 19 heavy (non-hydrogen) atoms. The smallest absolute Gasteiger partial charge is 0.409 e. The summed E-state index contributed by atoms with van der Waals surface area (Å²) in [4.78, 5) is 47.8. The Morgan fingerprint density at radius 3 is 2.47 bits per heavy atom. The van der Waals surface area contributed by atoms with Gasteiger partial charge in [0, 0.05) is 26.9 Å². The van der Waals surface area contributed by atoms with Gasteiger partial charge in [-0.25, -0.2) is 4.79 Å². The molecule has 1 saturated carbocycles. The molecule has 0 aromatic rings. The monoisotopic (exact) mass is 269 g/mol. The molecule has 1 fully saturated rings. The zero-order valence-corrected chi connectivity index (χ0v) is 11.5. The van der Waals surface area contributed by atoms with Crippen molar-refractivity contribution in [3.05, 3.63) is 0 Å². The van der Waals surface area contributed by atoms with Gasteiger partial charge in [-0.1, -0.05) is 6.92 Å². The zero-order valence-electron chi connectivity index (χ0n) is 11.5. The first-order valence-corrected chi connectivity index (χ1v) is 6.36. The Morgan fingerprint density at radius 2 is 1.95 bits per heavy atom. The van der Waals surface area contributed by atoms with Gasteiger partial charge in [0.25, 0.3) is 0 Å². The van der Waals surface area contributed by atoms with Crippen LogP contribution in [-0.2, 0) is 19.1 Å². The standard InChI is InChI=1S/C13H19NO5/c1-4-5-9(15)8-6-7-10(16)11(17)12(8)19-13(18)14(2)3/h8,12H,4-7H2,1-3H3. The third kappa shape index (κ3) is 3.62. The molecule has 0 bridgehead atoms. The Kier molecular flexibility index (Phi) is 5.20. The molecule has 1 aliphatic rings. The average Bonchev–Trinajstić information content (AvgIpc) is 2.35. The van der Waals surface area contributed by atoms with Gasteiger partial charge in [-0.15, -0.1) is 0 Å². The van der Waals surface area contributed by atoms with Crippen LogP contribution in [0.2, 0.25) is 0 Å². The van der Waals surface area contributed by atoms with Crippen molar-refractivity contribution in [2.24, 2.45) is 5.92 Å². The summed E-state index contributed by atoms with van der Waals surface area (Å²) in [5.74, 6) is -2.15. The Morgan fingerprint density at radius 1 is 1.32 bits per heavy atom. The Labute approximate surface area is 112 Å². The SMILES string of the molecule is CCCC(=O)C1CCC(=O)C(=O)C1OC(=O)N(C)C. The van der Waals surface area contributed by atoms with Crippen molar-refractivity contribution in [2.75, 3.05) is 14.1 Å². The number of hydrogen-bond acceptors (Lipinski definition) is 5. The van der Waals surface area contributed by atoms with Gasteiger partial charge in [0.15, 0.2) is 6.10 Å². The van der Waals surface area contributed by atoms with E-state index < -0.39 is 29.7 Å². The van der Waals surface area contributed by atoms with Gasteiger partial charge < -0.3 is 9.64 Å². The van der Waals surface area contributed by atoms with Crippen molar-refractivity contribution in [1.82, 2.24) is 4.90 Å². The normalized spacial score (nSPS) is 23.1.